The lowest BCUT2D eigenvalue weighted by Crippen LogP contribution is -2.46. The van der Waals surface area contributed by atoms with E-state index >= 15 is 0 Å². The van der Waals surface area contributed by atoms with Gasteiger partial charge in [0.25, 0.3) is 0 Å². The topological polar surface area (TPSA) is 66.4 Å². The highest BCUT2D eigenvalue weighted by Crippen LogP contribution is 2.12. The van der Waals surface area contributed by atoms with Gasteiger partial charge in [-0.1, -0.05) is 6.92 Å². The van der Waals surface area contributed by atoms with Gasteiger partial charge in [-0.2, -0.15) is 0 Å². The molecule has 5 heteroatoms. The van der Waals surface area contributed by atoms with Crippen LogP contribution in [0.15, 0.2) is 0 Å². The number of sulfone groups is 1. The molecule has 0 aliphatic carbocycles. The summed E-state index contributed by atoms with van der Waals surface area (Å²) < 4.78 is 22.6. The summed E-state index contributed by atoms with van der Waals surface area (Å²) in [6.45, 7) is 9.70. The summed E-state index contributed by atoms with van der Waals surface area (Å²) in [5, 5.41) is 13.2. The van der Waals surface area contributed by atoms with Crippen LogP contribution >= 0.6 is 0 Å². The van der Waals surface area contributed by atoms with Gasteiger partial charge in [-0.05, 0) is 34.1 Å². The van der Waals surface area contributed by atoms with Gasteiger partial charge < -0.3 is 10.4 Å². The maximum absolute atomic E-state index is 11.3. The van der Waals surface area contributed by atoms with Crippen molar-refractivity contribution in [1.29, 1.82) is 0 Å². The second-order valence-corrected chi connectivity index (χ2v) is 8.06. The van der Waals surface area contributed by atoms with E-state index in [1.807, 2.05) is 20.8 Å². The van der Waals surface area contributed by atoms with Gasteiger partial charge in [-0.3, -0.25) is 0 Å². The van der Waals surface area contributed by atoms with Crippen LogP contribution in [0.25, 0.3) is 0 Å². The van der Waals surface area contributed by atoms with Gasteiger partial charge in [-0.25, -0.2) is 8.42 Å². The maximum atomic E-state index is 11.3. The number of rotatable bonds is 6. The molecule has 0 saturated carbocycles. The van der Waals surface area contributed by atoms with Crippen LogP contribution < -0.4 is 5.32 Å². The zero-order valence-corrected chi connectivity index (χ0v) is 11.8. The van der Waals surface area contributed by atoms with E-state index in [1.54, 1.807) is 13.8 Å². The highest BCUT2D eigenvalue weighted by Gasteiger charge is 2.24. The minimum atomic E-state index is -2.99. The molecule has 4 nitrogen and oxygen atoms in total. The molecular weight excluding hydrogens is 226 g/mol. The lowest BCUT2D eigenvalue weighted by atomic mass is 10.0. The molecule has 0 aromatic heterocycles. The second kappa shape index (κ2) is 5.47. The molecular formula is C11H25NO3S. The monoisotopic (exact) mass is 251 g/mol. The quantitative estimate of drug-likeness (QED) is 0.737. The van der Waals surface area contributed by atoms with Crippen LogP contribution in [0.4, 0.5) is 0 Å². The summed E-state index contributed by atoms with van der Waals surface area (Å²) in [6, 6.07) is 0. The number of β-amino-alcohol motifs (C(OH)–C–C–N with tert-alkyl or cyclic N) is 1. The Morgan fingerprint density at radius 1 is 1.19 bits per heavy atom. The molecule has 0 aromatic rings. The number of hydrogen-bond donors (Lipinski definition) is 2. The fourth-order valence-electron chi connectivity index (χ4n) is 1.06. The van der Waals surface area contributed by atoms with Crippen LogP contribution in [-0.4, -0.2) is 42.7 Å². The molecule has 1 atom stereocenters. The third-order valence-electron chi connectivity index (χ3n) is 2.39. The molecule has 1 unspecified atom stereocenters. The lowest BCUT2D eigenvalue weighted by molar-refractivity contribution is 0.0501. The number of hydrogen-bond acceptors (Lipinski definition) is 4. The first-order valence-corrected chi connectivity index (χ1v) is 7.47. The molecule has 98 valence electrons. The highest BCUT2D eigenvalue weighted by molar-refractivity contribution is 7.91. The predicted octanol–water partition coefficient (Wildman–Crippen LogP) is 0.950. The first-order valence-electron chi connectivity index (χ1n) is 5.65. The van der Waals surface area contributed by atoms with Crippen molar-refractivity contribution >= 4 is 9.84 Å². The van der Waals surface area contributed by atoms with Crippen molar-refractivity contribution in [2.75, 3.05) is 18.1 Å². The van der Waals surface area contributed by atoms with Crippen LogP contribution in [0.5, 0.6) is 0 Å². The van der Waals surface area contributed by atoms with Crippen molar-refractivity contribution < 1.29 is 13.5 Å². The summed E-state index contributed by atoms with van der Waals surface area (Å²) >= 11 is 0. The van der Waals surface area contributed by atoms with Gasteiger partial charge in [0.15, 0.2) is 0 Å². The van der Waals surface area contributed by atoms with E-state index in [0.29, 0.717) is 6.54 Å². The Morgan fingerprint density at radius 3 is 2.06 bits per heavy atom. The minimum absolute atomic E-state index is 0.0440. The van der Waals surface area contributed by atoms with Crippen molar-refractivity contribution in [1.82, 2.24) is 5.32 Å². The maximum Gasteiger partial charge on any atom is 0.150 e. The Labute approximate surface area is 99.4 Å². The normalized spacial score (nSPS) is 17.1. The molecule has 0 amide bonds. The fourth-order valence-corrected chi connectivity index (χ4v) is 2.10. The third kappa shape index (κ3) is 8.07. The SMILES string of the molecule is CCS(=O)(=O)CCC(C)(O)CNC(C)(C)C. The van der Waals surface area contributed by atoms with E-state index in [9.17, 15) is 13.5 Å². The minimum Gasteiger partial charge on any atom is -0.389 e. The molecule has 0 rings (SSSR count). The summed E-state index contributed by atoms with van der Waals surface area (Å²) in [7, 11) is -2.99. The Bertz CT molecular complexity index is 302. The summed E-state index contributed by atoms with van der Waals surface area (Å²) in [4.78, 5) is 0. The van der Waals surface area contributed by atoms with Crippen LogP contribution in [0.2, 0.25) is 0 Å². The van der Waals surface area contributed by atoms with E-state index in [2.05, 4.69) is 5.32 Å². The number of aliphatic hydroxyl groups is 1. The van der Waals surface area contributed by atoms with E-state index in [-0.39, 0.29) is 23.5 Å². The van der Waals surface area contributed by atoms with E-state index in [4.69, 9.17) is 0 Å². The zero-order valence-electron chi connectivity index (χ0n) is 11.0. The summed E-state index contributed by atoms with van der Waals surface area (Å²) in [6.07, 6.45) is 0.270. The van der Waals surface area contributed by atoms with Gasteiger partial charge in [-0.15, -0.1) is 0 Å². The second-order valence-electron chi connectivity index (χ2n) is 5.59. The highest BCUT2D eigenvalue weighted by atomic mass is 32.2. The van der Waals surface area contributed by atoms with Crippen LogP contribution in [0, 0.1) is 0 Å². The molecule has 0 spiro atoms. The lowest BCUT2D eigenvalue weighted by Gasteiger charge is -2.29. The molecule has 0 aliphatic rings. The predicted molar refractivity (Wildman–Crippen MR) is 67.3 cm³/mol. The van der Waals surface area contributed by atoms with Crippen LogP contribution in [-0.2, 0) is 9.84 Å². The molecule has 0 radical (unpaired) electrons. The first kappa shape index (κ1) is 15.9. The summed E-state index contributed by atoms with van der Waals surface area (Å²) in [5.74, 6) is 0.179. The van der Waals surface area contributed by atoms with Crippen molar-refractivity contribution in [3.8, 4) is 0 Å². The van der Waals surface area contributed by atoms with E-state index in [0.717, 1.165) is 0 Å². The molecule has 0 heterocycles. The Kier molecular flexibility index (Phi) is 5.42. The largest absolute Gasteiger partial charge is 0.389 e. The summed E-state index contributed by atoms with van der Waals surface area (Å²) in [5.41, 5.74) is -1.05. The van der Waals surface area contributed by atoms with Crippen molar-refractivity contribution in [3.63, 3.8) is 0 Å². The van der Waals surface area contributed by atoms with E-state index in [1.165, 1.54) is 0 Å². The van der Waals surface area contributed by atoms with Crippen molar-refractivity contribution in [2.45, 2.75) is 52.2 Å². The van der Waals surface area contributed by atoms with Gasteiger partial charge >= 0.3 is 0 Å². The molecule has 0 saturated heterocycles. The average molecular weight is 251 g/mol. The smallest absolute Gasteiger partial charge is 0.150 e. The first-order chi connectivity index (χ1) is 6.97. The fraction of sp³-hybridized carbons (Fsp3) is 1.00. The molecule has 0 bridgehead atoms. The Morgan fingerprint density at radius 2 is 1.69 bits per heavy atom. The van der Waals surface area contributed by atoms with Gasteiger partial charge in [0, 0.05) is 17.8 Å². The molecule has 16 heavy (non-hydrogen) atoms. The Balaban J connectivity index is 4.16. The van der Waals surface area contributed by atoms with Gasteiger partial charge in [0.05, 0.1) is 11.4 Å². The zero-order chi connectivity index (χ0) is 13.0. The average Bonchev–Trinajstić information content (AvgIpc) is 2.12. The van der Waals surface area contributed by atoms with Crippen molar-refractivity contribution in [2.24, 2.45) is 0 Å². The molecule has 2 N–H and O–H groups in total. The Hall–Kier alpha value is -0.130. The van der Waals surface area contributed by atoms with Crippen molar-refractivity contribution in [3.05, 3.63) is 0 Å². The van der Waals surface area contributed by atoms with E-state index < -0.39 is 15.4 Å². The molecule has 0 fully saturated rings. The van der Waals surface area contributed by atoms with Gasteiger partial charge in [0.1, 0.15) is 9.84 Å². The van der Waals surface area contributed by atoms with Gasteiger partial charge in [0.2, 0.25) is 0 Å². The molecule has 0 aliphatic heterocycles. The van der Waals surface area contributed by atoms with Crippen LogP contribution in [0.1, 0.15) is 41.0 Å². The third-order valence-corrected chi connectivity index (χ3v) is 4.10. The van der Waals surface area contributed by atoms with Crippen LogP contribution in [0.3, 0.4) is 0 Å². The molecule has 0 aromatic carbocycles. The standard InChI is InChI=1S/C11H25NO3S/c1-6-16(14,15)8-7-11(5,13)9-12-10(2,3)4/h12-13H,6-9H2,1-5H3. The number of nitrogens with one attached hydrogen (secondary N) is 1.